The Kier molecular flexibility index (Phi) is 5.31. The van der Waals surface area contributed by atoms with Crippen LogP contribution in [0, 0.1) is 11.3 Å². The number of piperazine rings is 1. The molecule has 0 atom stereocenters. The van der Waals surface area contributed by atoms with Gasteiger partial charge in [-0.05, 0) is 19.2 Å². The number of nitriles is 1. The third-order valence-electron chi connectivity index (χ3n) is 3.23. The molecule has 0 saturated carbocycles. The number of amides is 1. The lowest BCUT2D eigenvalue weighted by atomic mass is 10.2. The molecule has 6 nitrogen and oxygen atoms in total. The van der Waals surface area contributed by atoms with E-state index in [0.717, 1.165) is 17.6 Å². The summed E-state index contributed by atoms with van der Waals surface area (Å²) in [6.07, 6.45) is 3.05. The highest BCUT2D eigenvalue weighted by atomic mass is 79.9. The van der Waals surface area contributed by atoms with Crippen molar-refractivity contribution >= 4 is 27.7 Å². The Hall–Kier alpha value is -1.91. The van der Waals surface area contributed by atoms with Crippen molar-refractivity contribution in [3.05, 3.63) is 34.6 Å². The molecule has 0 aromatic carbocycles. The molecule has 1 aliphatic heterocycles. The predicted molar refractivity (Wildman–Crippen MR) is 83.3 cm³/mol. The topological polar surface area (TPSA) is 72.3 Å². The zero-order valence-electron chi connectivity index (χ0n) is 11.7. The predicted octanol–water partition coefficient (Wildman–Crippen LogP) is 1.44. The van der Waals surface area contributed by atoms with Gasteiger partial charge in [-0.3, -0.25) is 4.79 Å². The van der Waals surface area contributed by atoms with E-state index < -0.39 is 0 Å². The standard InChI is InChI=1S/C14H16BrN5O/c1-19-4-6-20(7-5-19)14(21)11(9-16)10-18-13-8-12(15)2-3-17-13/h2-3,8,10H,4-7H2,1H3,(H,17,18)/b11-10-. The summed E-state index contributed by atoms with van der Waals surface area (Å²) in [5.41, 5.74) is 0.0846. The molecule has 1 amide bonds. The molecule has 7 heteroatoms. The summed E-state index contributed by atoms with van der Waals surface area (Å²) in [7, 11) is 2.02. The summed E-state index contributed by atoms with van der Waals surface area (Å²) < 4.78 is 0.873. The highest BCUT2D eigenvalue weighted by molar-refractivity contribution is 9.10. The summed E-state index contributed by atoms with van der Waals surface area (Å²) in [6, 6.07) is 5.52. The molecule has 110 valence electrons. The van der Waals surface area contributed by atoms with Gasteiger partial charge in [0, 0.05) is 43.0 Å². The summed E-state index contributed by atoms with van der Waals surface area (Å²) >= 11 is 3.34. The fourth-order valence-corrected chi connectivity index (χ4v) is 2.29. The number of hydrogen-bond acceptors (Lipinski definition) is 5. The van der Waals surface area contributed by atoms with E-state index in [1.54, 1.807) is 23.2 Å². The molecule has 2 rings (SSSR count). The molecule has 0 bridgehead atoms. The van der Waals surface area contributed by atoms with Crippen LogP contribution in [0.4, 0.5) is 5.82 Å². The maximum absolute atomic E-state index is 12.3. The van der Waals surface area contributed by atoms with Crippen molar-refractivity contribution < 1.29 is 4.79 Å². The smallest absolute Gasteiger partial charge is 0.266 e. The van der Waals surface area contributed by atoms with Gasteiger partial charge in [-0.15, -0.1) is 0 Å². The molecule has 1 N–H and O–H groups in total. The van der Waals surface area contributed by atoms with E-state index in [1.807, 2.05) is 13.1 Å². The maximum Gasteiger partial charge on any atom is 0.266 e. The zero-order chi connectivity index (χ0) is 15.2. The second-order valence-corrected chi connectivity index (χ2v) is 5.68. The maximum atomic E-state index is 12.3. The van der Waals surface area contributed by atoms with Crippen LogP contribution in [0.1, 0.15) is 0 Å². The van der Waals surface area contributed by atoms with Gasteiger partial charge < -0.3 is 15.1 Å². The quantitative estimate of drug-likeness (QED) is 0.660. The SMILES string of the molecule is CN1CCN(C(=O)/C(C#N)=C\Nc2cc(Br)ccn2)CC1. The van der Waals surface area contributed by atoms with E-state index in [4.69, 9.17) is 5.26 Å². The van der Waals surface area contributed by atoms with Crippen molar-refractivity contribution in [3.8, 4) is 6.07 Å². The van der Waals surface area contributed by atoms with Crippen LogP contribution in [-0.2, 0) is 4.79 Å². The third kappa shape index (κ3) is 4.28. The number of carbonyl (C=O) groups excluding carboxylic acids is 1. The number of nitrogens with zero attached hydrogens (tertiary/aromatic N) is 4. The fourth-order valence-electron chi connectivity index (χ4n) is 1.95. The average Bonchev–Trinajstić information content (AvgIpc) is 2.48. The van der Waals surface area contributed by atoms with E-state index >= 15 is 0 Å². The largest absolute Gasteiger partial charge is 0.345 e. The zero-order valence-corrected chi connectivity index (χ0v) is 13.3. The number of anilines is 1. The summed E-state index contributed by atoms with van der Waals surface area (Å²) in [6.45, 7) is 2.93. The van der Waals surface area contributed by atoms with Crippen LogP contribution in [0.15, 0.2) is 34.6 Å². The van der Waals surface area contributed by atoms with E-state index in [0.29, 0.717) is 18.9 Å². The van der Waals surface area contributed by atoms with E-state index in [-0.39, 0.29) is 11.5 Å². The highest BCUT2D eigenvalue weighted by Crippen LogP contribution is 2.13. The van der Waals surface area contributed by atoms with Crippen molar-refractivity contribution in [2.75, 3.05) is 38.5 Å². The first-order chi connectivity index (χ1) is 10.1. The first kappa shape index (κ1) is 15.5. The first-order valence-electron chi connectivity index (χ1n) is 6.56. The summed E-state index contributed by atoms with van der Waals surface area (Å²) in [4.78, 5) is 20.2. The van der Waals surface area contributed by atoms with Crippen LogP contribution >= 0.6 is 15.9 Å². The molecule has 1 fully saturated rings. The van der Waals surface area contributed by atoms with Crippen molar-refractivity contribution in [2.45, 2.75) is 0 Å². The van der Waals surface area contributed by atoms with Gasteiger partial charge in [0.1, 0.15) is 17.5 Å². The number of halogens is 1. The lowest BCUT2D eigenvalue weighted by Crippen LogP contribution is -2.47. The van der Waals surface area contributed by atoms with Gasteiger partial charge in [0.15, 0.2) is 0 Å². The minimum atomic E-state index is -0.243. The number of carbonyl (C=O) groups is 1. The van der Waals surface area contributed by atoms with Gasteiger partial charge in [-0.25, -0.2) is 4.98 Å². The lowest BCUT2D eigenvalue weighted by Gasteiger charge is -2.32. The Balaban J connectivity index is 2.03. The normalized spacial score (nSPS) is 16.4. The molecule has 1 saturated heterocycles. The van der Waals surface area contributed by atoms with Gasteiger partial charge in [-0.2, -0.15) is 5.26 Å². The lowest BCUT2D eigenvalue weighted by molar-refractivity contribution is -0.128. The van der Waals surface area contributed by atoms with Gasteiger partial charge >= 0.3 is 0 Å². The Morgan fingerprint density at radius 2 is 2.19 bits per heavy atom. The van der Waals surface area contributed by atoms with E-state index in [1.165, 1.54) is 6.20 Å². The number of aromatic nitrogens is 1. The summed E-state index contributed by atoms with van der Waals surface area (Å²) in [5.74, 6) is 0.330. The molecule has 1 aromatic heterocycles. The Labute approximate surface area is 132 Å². The fraction of sp³-hybridized carbons (Fsp3) is 0.357. The van der Waals surface area contributed by atoms with E-state index in [2.05, 4.69) is 31.1 Å². The molecule has 0 spiro atoms. The van der Waals surface area contributed by atoms with Gasteiger partial charge in [-0.1, -0.05) is 15.9 Å². The van der Waals surface area contributed by atoms with Gasteiger partial charge in [0.25, 0.3) is 5.91 Å². The molecule has 21 heavy (non-hydrogen) atoms. The number of rotatable bonds is 3. The molecule has 0 unspecified atom stereocenters. The van der Waals surface area contributed by atoms with Crippen molar-refractivity contribution in [1.82, 2.24) is 14.8 Å². The van der Waals surface area contributed by atoms with Crippen molar-refractivity contribution in [2.24, 2.45) is 0 Å². The van der Waals surface area contributed by atoms with E-state index in [9.17, 15) is 4.79 Å². The number of likely N-dealkylation sites (N-methyl/N-ethyl adjacent to an activating group) is 1. The Bertz CT molecular complexity index is 587. The third-order valence-corrected chi connectivity index (χ3v) is 3.72. The Morgan fingerprint density at radius 3 is 2.81 bits per heavy atom. The molecule has 2 heterocycles. The molecule has 0 aliphatic carbocycles. The first-order valence-corrected chi connectivity index (χ1v) is 7.35. The molecular formula is C14H16BrN5O. The number of hydrogen-bond donors (Lipinski definition) is 1. The minimum Gasteiger partial charge on any atom is -0.345 e. The van der Waals surface area contributed by atoms with Gasteiger partial charge in [0.05, 0.1) is 0 Å². The monoisotopic (exact) mass is 349 g/mol. The molecular weight excluding hydrogens is 334 g/mol. The summed E-state index contributed by atoms with van der Waals surface area (Å²) in [5, 5.41) is 12.0. The van der Waals surface area contributed by atoms with Crippen LogP contribution in [0.3, 0.4) is 0 Å². The number of pyridine rings is 1. The van der Waals surface area contributed by atoms with Crippen LogP contribution in [0.2, 0.25) is 0 Å². The van der Waals surface area contributed by atoms with Crippen molar-refractivity contribution in [3.63, 3.8) is 0 Å². The van der Waals surface area contributed by atoms with Crippen LogP contribution in [0.25, 0.3) is 0 Å². The average molecular weight is 350 g/mol. The highest BCUT2D eigenvalue weighted by Gasteiger charge is 2.22. The molecule has 1 aliphatic rings. The Morgan fingerprint density at radius 1 is 1.48 bits per heavy atom. The van der Waals surface area contributed by atoms with Crippen LogP contribution < -0.4 is 5.32 Å². The van der Waals surface area contributed by atoms with Crippen molar-refractivity contribution in [1.29, 1.82) is 5.26 Å². The minimum absolute atomic E-state index is 0.0846. The van der Waals surface area contributed by atoms with Crippen LogP contribution in [-0.4, -0.2) is 53.9 Å². The molecule has 0 radical (unpaired) electrons. The molecule has 1 aromatic rings. The second-order valence-electron chi connectivity index (χ2n) is 4.77. The number of nitrogens with one attached hydrogen (secondary N) is 1. The second kappa shape index (κ2) is 7.20. The van der Waals surface area contributed by atoms with Crippen LogP contribution in [0.5, 0.6) is 0 Å². The van der Waals surface area contributed by atoms with Gasteiger partial charge in [0.2, 0.25) is 0 Å².